The molecule has 1 aromatic carbocycles. The molecule has 6 heteroatoms. The molecule has 3 aliphatic rings. The van der Waals surface area contributed by atoms with Gasteiger partial charge in [0.2, 0.25) is 0 Å². The van der Waals surface area contributed by atoms with Gasteiger partial charge in [-0.15, -0.1) is 0 Å². The van der Waals surface area contributed by atoms with Crippen molar-refractivity contribution >= 4 is 6.09 Å². The van der Waals surface area contributed by atoms with Crippen LogP contribution in [0.3, 0.4) is 0 Å². The third kappa shape index (κ3) is 3.98. The molecule has 6 nitrogen and oxygen atoms in total. The van der Waals surface area contributed by atoms with Crippen LogP contribution in [0.2, 0.25) is 0 Å². The Labute approximate surface area is 161 Å². The first kappa shape index (κ1) is 18.7. The summed E-state index contributed by atoms with van der Waals surface area (Å²) in [5, 5.41) is 9.21. The van der Waals surface area contributed by atoms with Crippen molar-refractivity contribution in [2.75, 3.05) is 53.0 Å². The SMILES string of the molecule is CN(Cc1cccc2c1CC[C@H]1[C@@H]2CCN1CCN1CCOCC1)C(=O)O. The Morgan fingerprint density at radius 2 is 2.04 bits per heavy atom. The van der Waals surface area contributed by atoms with Crippen molar-refractivity contribution in [1.29, 1.82) is 0 Å². The van der Waals surface area contributed by atoms with Crippen molar-refractivity contribution in [2.24, 2.45) is 0 Å². The lowest BCUT2D eigenvalue weighted by atomic mass is 9.78. The summed E-state index contributed by atoms with van der Waals surface area (Å²) in [5.74, 6) is 0.605. The summed E-state index contributed by atoms with van der Waals surface area (Å²) in [6.07, 6.45) is 2.61. The molecule has 4 rings (SSSR count). The molecule has 1 aliphatic carbocycles. The van der Waals surface area contributed by atoms with Crippen LogP contribution in [0.4, 0.5) is 4.79 Å². The number of hydrogen-bond acceptors (Lipinski definition) is 4. The fourth-order valence-electron chi connectivity index (χ4n) is 5.11. The van der Waals surface area contributed by atoms with Crippen molar-refractivity contribution in [2.45, 2.75) is 37.8 Å². The average Bonchev–Trinajstić information content (AvgIpc) is 3.11. The normalized spacial score (nSPS) is 25.8. The molecule has 0 bridgehead atoms. The third-order valence-corrected chi connectivity index (χ3v) is 6.60. The van der Waals surface area contributed by atoms with E-state index < -0.39 is 6.09 Å². The summed E-state index contributed by atoms with van der Waals surface area (Å²) in [4.78, 5) is 17.8. The van der Waals surface area contributed by atoms with Crippen LogP contribution in [0, 0.1) is 0 Å². The molecule has 0 saturated carbocycles. The van der Waals surface area contributed by atoms with E-state index in [1.807, 2.05) is 0 Å². The first-order valence-electron chi connectivity index (χ1n) is 10.2. The van der Waals surface area contributed by atoms with Gasteiger partial charge in [0.15, 0.2) is 0 Å². The van der Waals surface area contributed by atoms with Gasteiger partial charge < -0.3 is 14.7 Å². The number of carboxylic acid groups (broad SMARTS) is 1. The van der Waals surface area contributed by atoms with E-state index in [4.69, 9.17) is 4.74 Å². The first-order valence-corrected chi connectivity index (χ1v) is 10.2. The molecule has 0 unspecified atom stereocenters. The Bertz CT molecular complexity index is 675. The Morgan fingerprint density at radius 1 is 1.22 bits per heavy atom. The van der Waals surface area contributed by atoms with Gasteiger partial charge in [-0.3, -0.25) is 9.80 Å². The molecular weight excluding hydrogens is 342 g/mol. The molecule has 1 amide bonds. The van der Waals surface area contributed by atoms with Crippen molar-refractivity contribution in [3.05, 3.63) is 34.9 Å². The maximum absolute atomic E-state index is 11.2. The molecule has 1 N–H and O–H groups in total. The van der Waals surface area contributed by atoms with Crippen molar-refractivity contribution in [3.8, 4) is 0 Å². The fourth-order valence-corrected chi connectivity index (χ4v) is 5.11. The first-order chi connectivity index (χ1) is 13.1. The second-order valence-electron chi connectivity index (χ2n) is 8.11. The number of morpholine rings is 1. The van der Waals surface area contributed by atoms with Crippen LogP contribution in [0.25, 0.3) is 0 Å². The van der Waals surface area contributed by atoms with E-state index in [1.165, 1.54) is 41.0 Å². The van der Waals surface area contributed by atoms with E-state index in [0.717, 1.165) is 45.8 Å². The minimum atomic E-state index is -0.864. The van der Waals surface area contributed by atoms with Crippen LogP contribution in [0.1, 0.15) is 35.4 Å². The van der Waals surface area contributed by atoms with Gasteiger partial charge in [0.25, 0.3) is 0 Å². The zero-order valence-corrected chi connectivity index (χ0v) is 16.3. The summed E-state index contributed by atoms with van der Waals surface area (Å²) in [6, 6.07) is 7.14. The summed E-state index contributed by atoms with van der Waals surface area (Å²) >= 11 is 0. The molecule has 2 aliphatic heterocycles. The minimum Gasteiger partial charge on any atom is -0.465 e. The van der Waals surface area contributed by atoms with Gasteiger partial charge in [-0.1, -0.05) is 18.2 Å². The van der Waals surface area contributed by atoms with Gasteiger partial charge in [-0.25, -0.2) is 4.79 Å². The highest BCUT2D eigenvalue weighted by atomic mass is 16.5. The van der Waals surface area contributed by atoms with Crippen molar-refractivity contribution in [3.63, 3.8) is 0 Å². The van der Waals surface area contributed by atoms with Gasteiger partial charge in [-0.05, 0) is 42.5 Å². The number of ether oxygens (including phenoxy) is 1. The highest BCUT2D eigenvalue weighted by Gasteiger charge is 2.39. The summed E-state index contributed by atoms with van der Waals surface area (Å²) in [7, 11) is 1.65. The highest BCUT2D eigenvalue weighted by Crippen LogP contribution is 2.42. The topological polar surface area (TPSA) is 56.2 Å². The number of nitrogens with zero attached hydrogens (tertiary/aromatic N) is 3. The molecular formula is C21H31N3O3. The largest absolute Gasteiger partial charge is 0.465 e. The fraction of sp³-hybridized carbons (Fsp3) is 0.667. The van der Waals surface area contributed by atoms with Crippen LogP contribution < -0.4 is 0 Å². The number of hydrogen-bond donors (Lipinski definition) is 1. The quantitative estimate of drug-likeness (QED) is 0.858. The Hall–Kier alpha value is -1.63. The predicted molar refractivity (Wildman–Crippen MR) is 104 cm³/mol. The third-order valence-electron chi connectivity index (χ3n) is 6.60. The predicted octanol–water partition coefficient (Wildman–Crippen LogP) is 2.23. The maximum atomic E-state index is 11.2. The lowest BCUT2D eigenvalue weighted by Crippen LogP contribution is -2.43. The Morgan fingerprint density at radius 3 is 2.81 bits per heavy atom. The van der Waals surface area contributed by atoms with E-state index in [0.29, 0.717) is 18.5 Å². The van der Waals surface area contributed by atoms with Crippen LogP contribution in [0.15, 0.2) is 18.2 Å². The van der Waals surface area contributed by atoms with Gasteiger partial charge in [-0.2, -0.15) is 0 Å². The van der Waals surface area contributed by atoms with E-state index in [2.05, 4.69) is 28.0 Å². The monoisotopic (exact) mass is 373 g/mol. The molecule has 1 aromatic rings. The molecule has 0 spiro atoms. The average molecular weight is 373 g/mol. The zero-order valence-electron chi connectivity index (χ0n) is 16.3. The van der Waals surface area contributed by atoms with Crippen LogP contribution in [-0.2, 0) is 17.7 Å². The Balaban J connectivity index is 1.43. The number of carbonyl (C=O) groups is 1. The zero-order chi connectivity index (χ0) is 18.8. The molecule has 148 valence electrons. The van der Waals surface area contributed by atoms with Gasteiger partial charge >= 0.3 is 6.09 Å². The standard InChI is InChI=1S/C21H31N3O3/c1-22(21(25)26)15-16-3-2-4-18-17(16)5-6-20-19(18)7-8-24(20)10-9-23-11-13-27-14-12-23/h2-4,19-20H,5-15H2,1H3,(H,25,26)/t19-,20+/m1/s1. The van der Waals surface area contributed by atoms with E-state index in [1.54, 1.807) is 7.05 Å². The summed E-state index contributed by atoms with van der Waals surface area (Å²) in [6.45, 7) is 7.81. The van der Waals surface area contributed by atoms with Crippen LogP contribution >= 0.6 is 0 Å². The van der Waals surface area contributed by atoms with Gasteiger partial charge in [0.05, 0.1) is 13.2 Å². The van der Waals surface area contributed by atoms with Crippen molar-refractivity contribution in [1.82, 2.24) is 14.7 Å². The molecule has 0 radical (unpaired) electrons. The van der Waals surface area contributed by atoms with E-state index >= 15 is 0 Å². The lowest BCUT2D eigenvalue weighted by molar-refractivity contribution is 0.0322. The smallest absolute Gasteiger partial charge is 0.407 e. The second-order valence-corrected chi connectivity index (χ2v) is 8.11. The molecule has 2 saturated heterocycles. The van der Waals surface area contributed by atoms with Crippen LogP contribution in [0.5, 0.6) is 0 Å². The van der Waals surface area contributed by atoms with E-state index in [-0.39, 0.29) is 0 Å². The molecule has 2 heterocycles. The van der Waals surface area contributed by atoms with Crippen LogP contribution in [-0.4, -0.2) is 84.9 Å². The lowest BCUT2D eigenvalue weighted by Gasteiger charge is -2.36. The molecule has 2 atom stereocenters. The maximum Gasteiger partial charge on any atom is 0.407 e. The van der Waals surface area contributed by atoms with E-state index in [9.17, 15) is 9.90 Å². The minimum absolute atomic E-state index is 0.483. The Kier molecular flexibility index (Phi) is 5.66. The summed E-state index contributed by atoms with van der Waals surface area (Å²) < 4.78 is 5.45. The van der Waals surface area contributed by atoms with Crippen molar-refractivity contribution < 1.29 is 14.6 Å². The van der Waals surface area contributed by atoms with Gasteiger partial charge in [0, 0.05) is 51.7 Å². The number of rotatable bonds is 5. The number of benzene rings is 1. The number of fused-ring (bicyclic) bond motifs is 3. The molecule has 27 heavy (non-hydrogen) atoms. The number of likely N-dealkylation sites (tertiary alicyclic amines) is 1. The summed E-state index contributed by atoms with van der Waals surface area (Å²) in [5.41, 5.74) is 4.06. The number of amides is 1. The van der Waals surface area contributed by atoms with Gasteiger partial charge in [0.1, 0.15) is 0 Å². The second kappa shape index (κ2) is 8.17. The molecule has 2 fully saturated rings. The molecule has 0 aromatic heterocycles. The highest BCUT2D eigenvalue weighted by molar-refractivity contribution is 5.64.